The van der Waals surface area contributed by atoms with Crippen molar-refractivity contribution in [1.29, 1.82) is 0 Å². The summed E-state index contributed by atoms with van der Waals surface area (Å²) in [5.41, 5.74) is 0.388. The summed E-state index contributed by atoms with van der Waals surface area (Å²) in [7, 11) is -3.49. The summed E-state index contributed by atoms with van der Waals surface area (Å²) in [4.78, 5) is 20.1. The number of amides is 1. The van der Waals surface area contributed by atoms with Crippen LogP contribution in [-0.2, 0) is 10.0 Å². The van der Waals surface area contributed by atoms with E-state index in [2.05, 4.69) is 15.3 Å². The molecule has 3 rings (SSSR count). The van der Waals surface area contributed by atoms with Crippen LogP contribution in [0.1, 0.15) is 23.3 Å². The summed E-state index contributed by atoms with van der Waals surface area (Å²) in [5.74, 6) is 0.0546. The molecule has 1 fully saturated rings. The van der Waals surface area contributed by atoms with E-state index in [0.29, 0.717) is 38.2 Å². The number of nitrogens with one attached hydrogen (secondary N) is 1. The normalized spacial score (nSPS) is 16.5. The fourth-order valence-electron chi connectivity index (χ4n) is 2.83. The molecule has 0 saturated carbocycles. The van der Waals surface area contributed by atoms with Crippen molar-refractivity contribution in [2.75, 3.05) is 19.6 Å². The number of carbonyl (C=O) groups is 1. The molecule has 0 aromatic carbocycles. The second-order valence-corrected chi connectivity index (χ2v) is 7.90. The van der Waals surface area contributed by atoms with E-state index in [0.717, 1.165) is 0 Å². The number of pyridine rings is 2. The molecule has 0 atom stereocenters. The Bertz CT molecular complexity index is 804. The van der Waals surface area contributed by atoms with Crippen LogP contribution in [0.2, 0.25) is 0 Å². The van der Waals surface area contributed by atoms with E-state index >= 15 is 0 Å². The Labute approximate surface area is 147 Å². The Morgan fingerprint density at radius 1 is 1.16 bits per heavy atom. The van der Waals surface area contributed by atoms with Crippen LogP contribution in [0.25, 0.3) is 0 Å². The van der Waals surface area contributed by atoms with Crippen LogP contribution < -0.4 is 5.32 Å². The molecule has 0 radical (unpaired) electrons. The minimum absolute atomic E-state index is 0.203. The minimum atomic E-state index is -3.49. The molecule has 2 aromatic heterocycles. The molecule has 1 saturated heterocycles. The highest BCUT2D eigenvalue weighted by Crippen LogP contribution is 2.23. The summed E-state index contributed by atoms with van der Waals surface area (Å²) >= 11 is 0. The van der Waals surface area contributed by atoms with E-state index in [9.17, 15) is 13.2 Å². The third-order valence-electron chi connectivity index (χ3n) is 4.29. The van der Waals surface area contributed by atoms with Crippen molar-refractivity contribution >= 4 is 15.9 Å². The maximum absolute atomic E-state index is 12.6. The average Bonchev–Trinajstić information content (AvgIpc) is 2.68. The molecule has 0 spiro atoms. The van der Waals surface area contributed by atoms with Gasteiger partial charge < -0.3 is 5.32 Å². The molecule has 3 heterocycles. The second-order valence-electron chi connectivity index (χ2n) is 5.96. The predicted octanol–water partition coefficient (Wildman–Crippen LogP) is 1.31. The van der Waals surface area contributed by atoms with Gasteiger partial charge in [0.1, 0.15) is 10.6 Å². The smallest absolute Gasteiger partial charge is 0.269 e. The van der Waals surface area contributed by atoms with Crippen molar-refractivity contribution in [3.63, 3.8) is 0 Å². The highest BCUT2D eigenvalue weighted by molar-refractivity contribution is 7.89. The molecule has 0 aliphatic carbocycles. The third kappa shape index (κ3) is 4.21. The summed E-state index contributed by atoms with van der Waals surface area (Å²) in [6.45, 7) is 1.42. The van der Waals surface area contributed by atoms with Gasteiger partial charge in [-0.15, -0.1) is 0 Å². The molecule has 1 N–H and O–H groups in total. The molecule has 2 aromatic rings. The summed E-state index contributed by atoms with van der Waals surface area (Å²) in [6.07, 6.45) is 5.92. The van der Waals surface area contributed by atoms with Crippen molar-refractivity contribution in [1.82, 2.24) is 19.6 Å². The monoisotopic (exact) mass is 360 g/mol. The first-order chi connectivity index (χ1) is 12.1. The second kappa shape index (κ2) is 7.71. The molecule has 7 nitrogen and oxygen atoms in total. The van der Waals surface area contributed by atoms with Gasteiger partial charge in [0.15, 0.2) is 0 Å². The molecular formula is C17H20N4O3S. The third-order valence-corrected chi connectivity index (χ3v) is 6.18. The van der Waals surface area contributed by atoms with E-state index in [1.807, 2.05) is 0 Å². The first-order valence-electron chi connectivity index (χ1n) is 8.17. The van der Waals surface area contributed by atoms with Crippen molar-refractivity contribution < 1.29 is 13.2 Å². The van der Waals surface area contributed by atoms with Gasteiger partial charge in [0.25, 0.3) is 5.91 Å². The van der Waals surface area contributed by atoms with E-state index in [-0.39, 0.29) is 16.7 Å². The first kappa shape index (κ1) is 17.5. The zero-order chi connectivity index (χ0) is 17.7. The SMILES string of the molecule is O=C(NCC1CCN(S(=O)(=O)c2cccnc2)CC1)c1ccccn1. The van der Waals surface area contributed by atoms with Gasteiger partial charge in [-0.1, -0.05) is 6.07 Å². The zero-order valence-corrected chi connectivity index (χ0v) is 14.5. The fraction of sp³-hybridized carbons (Fsp3) is 0.353. The number of aromatic nitrogens is 2. The molecule has 132 valence electrons. The van der Waals surface area contributed by atoms with Crippen molar-refractivity contribution in [3.05, 3.63) is 54.6 Å². The van der Waals surface area contributed by atoms with Crippen LogP contribution in [0.3, 0.4) is 0 Å². The number of sulfonamides is 1. The summed E-state index contributed by atoms with van der Waals surface area (Å²) in [5, 5.41) is 2.87. The van der Waals surface area contributed by atoms with Crippen LogP contribution >= 0.6 is 0 Å². The Morgan fingerprint density at radius 3 is 2.60 bits per heavy atom. The number of piperidine rings is 1. The zero-order valence-electron chi connectivity index (χ0n) is 13.7. The van der Waals surface area contributed by atoms with Crippen LogP contribution in [0, 0.1) is 5.92 Å². The highest BCUT2D eigenvalue weighted by Gasteiger charge is 2.29. The lowest BCUT2D eigenvalue weighted by molar-refractivity contribution is 0.0936. The highest BCUT2D eigenvalue weighted by atomic mass is 32.2. The van der Waals surface area contributed by atoms with Crippen LogP contribution in [0.15, 0.2) is 53.8 Å². The van der Waals surface area contributed by atoms with Gasteiger partial charge in [0, 0.05) is 38.2 Å². The van der Waals surface area contributed by atoms with E-state index < -0.39 is 10.0 Å². The van der Waals surface area contributed by atoms with Crippen molar-refractivity contribution in [3.8, 4) is 0 Å². The van der Waals surface area contributed by atoms with E-state index in [4.69, 9.17) is 0 Å². The molecule has 1 aliphatic heterocycles. The topological polar surface area (TPSA) is 92.3 Å². The van der Waals surface area contributed by atoms with Gasteiger partial charge >= 0.3 is 0 Å². The Kier molecular flexibility index (Phi) is 5.40. The minimum Gasteiger partial charge on any atom is -0.350 e. The maximum atomic E-state index is 12.6. The molecular weight excluding hydrogens is 340 g/mol. The van der Waals surface area contributed by atoms with Crippen molar-refractivity contribution in [2.24, 2.45) is 5.92 Å². The molecule has 1 aliphatic rings. The first-order valence-corrected chi connectivity index (χ1v) is 9.61. The Morgan fingerprint density at radius 2 is 1.96 bits per heavy atom. The Hall–Kier alpha value is -2.32. The van der Waals surface area contributed by atoms with Gasteiger partial charge in [0.05, 0.1) is 0 Å². The quantitative estimate of drug-likeness (QED) is 0.868. The number of nitrogens with zero attached hydrogens (tertiary/aromatic N) is 3. The van der Waals surface area contributed by atoms with E-state index in [1.54, 1.807) is 42.7 Å². The lowest BCUT2D eigenvalue weighted by Gasteiger charge is -2.31. The number of hydrogen-bond donors (Lipinski definition) is 1. The average molecular weight is 360 g/mol. The van der Waals surface area contributed by atoms with Crippen molar-refractivity contribution in [2.45, 2.75) is 17.7 Å². The maximum Gasteiger partial charge on any atom is 0.269 e. The van der Waals surface area contributed by atoms with E-state index in [1.165, 1.54) is 10.5 Å². The van der Waals surface area contributed by atoms with Gasteiger partial charge in [-0.3, -0.25) is 14.8 Å². The lowest BCUT2D eigenvalue weighted by Crippen LogP contribution is -2.41. The summed E-state index contributed by atoms with van der Waals surface area (Å²) < 4.78 is 26.6. The summed E-state index contributed by atoms with van der Waals surface area (Å²) in [6, 6.07) is 8.37. The number of rotatable bonds is 5. The fourth-order valence-corrected chi connectivity index (χ4v) is 4.26. The molecule has 25 heavy (non-hydrogen) atoms. The van der Waals surface area contributed by atoms with Gasteiger partial charge in [-0.05, 0) is 43.0 Å². The number of carbonyl (C=O) groups excluding carboxylic acids is 1. The predicted molar refractivity (Wildman–Crippen MR) is 92.3 cm³/mol. The van der Waals surface area contributed by atoms with Gasteiger partial charge in [-0.25, -0.2) is 8.42 Å². The lowest BCUT2D eigenvalue weighted by atomic mass is 9.98. The molecule has 1 amide bonds. The number of hydrogen-bond acceptors (Lipinski definition) is 5. The largest absolute Gasteiger partial charge is 0.350 e. The van der Waals surface area contributed by atoms with Crippen LogP contribution in [0.5, 0.6) is 0 Å². The standard InChI is InChI=1S/C17H20N4O3S/c22-17(16-5-1-2-9-19-16)20-12-14-6-10-21(11-7-14)25(23,24)15-4-3-8-18-13-15/h1-5,8-9,13-14H,6-7,10-12H2,(H,20,22). The molecule has 0 bridgehead atoms. The van der Waals surface area contributed by atoms with Crippen LogP contribution in [0.4, 0.5) is 0 Å². The van der Waals surface area contributed by atoms with Crippen LogP contribution in [-0.4, -0.2) is 48.2 Å². The van der Waals surface area contributed by atoms with Gasteiger partial charge in [-0.2, -0.15) is 4.31 Å². The Balaban J connectivity index is 1.51. The molecule has 0 unspecified atom stereocenters. The molecule has 8 heteroatoms. The van der Waals surface area contributed by atoms with Gasteiger partial charge in [0.2, 0.25) is 10.0 Å².